The van der Waals surface area contributed by atoms with Gasteiger partial charge in [0.1, 0.15) is 0 Å². The van der Waals surface area contributed by atoms with Crippen molar-refractivity contribution >= 4 is 0 Å². The summed E-state index contributed by atoms with van der Waals surface area (Å²) in [6.45, 7) is 5.08. The summed E-state index contributed by atoms with van der Waals surface area (Å²) in [5.74, 6) is -5.94. The van der Waals surface area contributed by atoms with E-state index in [4.69, 9.17) is 19.2 Å². The van der Waals surface area contributed by atoms with E-state index in [0.29, 0.717) is 12.8 Å². The van der Waals surface area contributed by atoms with Gasteiger partial charge in [-0.25, -0.2) is 9.78 Å². The largest absolute Gasteiger partial charge is 0.443 e. The highest BCUT2D eigenvalue weighted by atomic mass is 19.4. The Kier molecular flexibility index (Phi) is 3.44. The summed E-state index contributed by atoms with van der Waals surface area (Å²) in [4.78, 5) is 11.3. The fourth-order valence-corrected chi connectivity index (χ4v) is 5.25. The molecule has 0 aromatic rings. The fraction of sp³-hybridized carbons (Fsp3) is 1.00. The van der Waals surface area contributed by atoms with Gasteiger partial charge in [-0.15, -0.1) is 0 Å². The number of alkyl halides is 3. The van der Waals surface area contributed by atoms with E-state index in [9.17, 15) is 18.3 Å². The predicted octanol–water partition coefficient (Wildman–Crippen LogP) is 3.12. The maximum absolute atomic E-state index is 13.6. The lowest BCUT2D eigenvalue weighted by Crippen LogP contribution is -2.75. The zero-order chi connectivity index (χ0) is 17.5. The zero-order valence-electron chi connectivity index (χ0n) is 13.9. The van der Waals surface area contributed by atoms with Crippen LogP contribution in [0.5, 0.6) is 0 Å². The average Bonchev–Trinajstić information content (AvgIpc) is 2.70. The van der Waals surface area contributed by atoms with Gasteiger partial charge in [0, 0.05) is 18.3 Å². The van der Waals surface area contributed by atoms with Crippen molar-refractivity contribution in [3.63, 3.8) is 0 Å². The molecule has 5 aliphatic rings. The topological polar surface area (TPSA) is 57.2 Å². The van der Waals surface area contributed by atoms with Crippen LogP contribution in [0.4, 0.5) is 13.2 Å². The molecule has 4 saturated heterocycles. The molecule has 4 aliphatic heterocycles. The van der Waals surface area contributed by atoms with Gasteiger partial charge in [0.2, 0.25) is 5.79 Å². The first-order valence-electron chi connectivity index (χ1n) is 8.55. The summed E-state index contributed by atoms with van der Waals surface area (Å²) >= 11 is 0. The predicted molar refractivity (Wildman–Crippen MR) is 74.0 cm³/mol. The molecule has 2 bridgehead atoms. The lowest BCUT2D eigenvalue weighted by atomic mass is 9.57. The van der Waals surface area contributed by atoms with E-state index >= 15 is 0 Å². The van der Waals surface area contributed by atoms with Crippen molar-refractivity contribution < 1.29 is 37.5 Å². The van der Waals surface area contributed by atoms with Crippen LogP contribution < -0.4 is 0 Å². The molecule has 1 unspecified atom stereocenters. The molecule has 138 valence electrons. The number of rotatable bonds is 0. The third-order valence-corrected chi connectivity index (χ3v) is 6.69. The van der Waals surface area contributed by atoms with E-state index in [1.165, 1.54) is 6.92 Å². The first kappa shape index (κ1) is 17.0. The van der Waals surface area contributed by atoms with Gasteiger partial charge in [0.15, 0.2) is 11.9 Å². The van der Waals surface area contributed by atoms with Crippen LogP contribution in [-0.2, 0) is 19.2 Å². The van der Waals surface area contributed by atoms with Crippen molar-refractivity contribution in [1.29, 1.82) is 0 Å². The summed E-state index contributed by atoms with van der Waals surface area (Å²) in [6.07, 6.45) is -3.70. The van der Waals surface area contributed by atoms with Gasteiger partial charge in [-0.1, -0.05) is 13.8 Å². The van der Waals surface area contributed by atoms with Crippen molar-refractivity contribution in [2.24, 2.45) is 23.7 Å². The summed E-state index contributed by atoms with van der Waals surface area (Å²) in [5, 5.41) is 10.4. The van der Waals surface area contributed by atoms with Crippen LogP contribution in [0.2, 0.25) is 0 Å². The Bertz CT molecular complexity index is 542. The van der Waals surface area contributed by atoms with Gasteiger partial charge in [-0.3, -0.25) is 0 Å². The molecule has 0 aromatic carbocycles. The van der Waals surface area contributed by atoms with Crippen molar-refractivity contribution in [1.82, 2.24) is 0 Å². The summed E-state index contributed by atoms with van der Waals surface area (Å²) in [7, 11) is 0. The molecule has 4 heterocycles. The smallest absolute Gasteiger partial charge is 0.358 e. The molecule has 1 N–H and O–H groups in total. The molecule has 5 rings (SSSR count). The Morgan fingerprint density at radius 3 is 2.38 bits per heavy atom. The summed E-state index contributed by atoms with van der Waals surface area (Å²) in [6, 6.07) is 0. The Morgan fingerprint density at radius 2 is 1.71 bits per heavy atom. The number of halogens is 3. The van der Waals surface area contributed by atoms with E-state index in [2.05, 4.69) is 6.92 Å². The normalized spacial score (nSPS) is 57.4. The highest BCUT2D eigenvalue weighted by Gasteiger charge is 2.76. The van der Waals surface area contributed by atoms with Crippen LogP contribution in [0.15, 0.2) is 0 Å². The van der Waals surface area contributed by atoms with Crippen LogP contribution >= 0.6 is 0 Å². The van der Waals surface area contributed by atoms with E-state index in [1.54, 1.807) is 6.92 Å². The molecule has 5 fully saturated rings. The average molecular weight is 352 g/mol. The third-order valence-electron chi connectivity index (χ3n) is 6.69. The maximum Gasteiger partial charge on any atom is 0.443 e. The highest BCUT2D eigenvalue weighted by Crippen LogP contribution is 2.63. The van der Waals surface area contributed by atoms with E-state index in [0.717, 1.165) is 12.8 Å². The van der Waals surface area contributed by atoms with Gasteiger partial charge in [-0.05, 0) is 38.0 Å². The SMILES string of the molecule is C[C@@H]1CC[C@H]2[C@@H](C)[C@](O)(C(F)(F)F)O[C@@H]3O[C@@]4(C)CC[C@@H]1C32OO4. The highest BCUT2D eigenvalue weighted by molar-refractivity contribution is 5.12. The third kappa shape index (κ3) is 1.95. The van der Waals surface area contributed by atoms with Crippen molar-refractivity contribution in [2.45, 2.75) is 76.1 Å². The quantitative estimate of drug-likeness (QED) is 0.679. The Morgan fingerprint density at radius 1 is 1.00 bits per heavy atom. The van der Waals surface area contributed by atoms with Gasteiger partial charge < -0.3 is 14.6 Å². The van der Waals surface area contributed by atoms with Crippen LogP contribution in [-0.4, -0.2) is 34.7 Å². The monoisotopic (exact) mass is 352 g/mol. The number of ether oxygens (including phenoxy) is 2. The molecule has 24 heavy (non-hydrogen) atoms. The number of fused-ring (bicyclic) bond motifs is 2. The van der Waals surface area contributed by atoms with Crippen LogP contribution in [0.25, 0.3) is 0 Å². The minimum absolute atomic E-state index is 0.0363. The Balaban J connectivity index is 1.84. The van der Waals surface area contributed by atoms with Crippen molar-refractivity contribution in [3.8, 4) is 0 Å². The lowest BCUT2D eigenvalue weighted by Gasteiger charge is -2.62. The van der Waals surface area contributed by atoms with E-state index in [-0.39, 0.29) is 11.8 Å². The van der Waals surface area contributed by atoms with Crippen molar-refractivity contribution in [3.05, 3.63) is 0 Å². The molecule has 8 heteroatoms. The molecule has 1 saturated carbocycles. The van der Waals surface area contributed by atoms with Gasteiger partial charge >= 0.3 is 6.18 Å². The Hall–Kier alpha value is -0.410. The number of hydrogen-bond acceptors (Lipinski definition) is 5. The fourth-order valence-electron chi connectivity index (χ4n) is 5.25. The molecule has 8 atom stereocenters. The molecular formula is C16H23F3O5. The second-order valence-electron chi connectivity index (χ2n) is 8.01. The van der Waals surface area contributed by atoms with Crippen LogP contribution in [0.1, 0.15) is 46.5 Å². The first-order valence-corrected chi connectivity index (χ1v) is 8.55. The molecule has 0 radical (unpaired) electrons. The molecular weight excluding hydrogens is 329 g/mol. The molecule has 0 amide bonds. The molecule has 1 aliphatic carbocycles. The summed E-state index contributed by atoms with van der Waals surface area (Å²) in [5.41, 5.74) is -1.11. The van der Waals surface area contributed by atoms with Gasteiger partial charge in [-0.2, -0.15) is 13.2 Å². The molecule has 1 spiro atoms. The van der Waals surface area contributed by atoms with Gasteiger partial charge in [0.25, 0.3) is 5.79 Å². The summed E-state index contributed by atoms with van der Waals surface area (Å²) < 4.78 is 51.7. The number of aliphatic hydroxyl groups is 1. The lowest BCUT2D eigenvalue weighted by molar-refractivity contribution is -0.597. The first-order chi connectivity index (χ1) is 11.0. The van der Waals surface area contributed by atoms with E-state index < -0.39 is 41.5 Å². The van der Waals surface area contributed by atoms with E-state index in [1.807, 2.05) is 0 Å². The minimum atomic E-state index is -4.91. The van der Waals surface area contributed by atoms with Crippen molar-refractivity contribution in [2.75, 3.05) is 0 Å². The maximum atomic E-state index is 13.6. The number of hydrogen-bond donors (Lipinski definition) is 1. The van der Waals surface area contributed by atoms with Crippen LogP contribution in [0.3, 0.4) is 0 Å². The second kappa shape index (κ2) is 4.85. The van der Waals surface area contributed by atoms with Gasteiger partial charge in [0.05, 0.1) is 0 Å². The molecule has 5 nitrogen and oxygen atoms in total. The Labute approximate surface area is 138 Å². The second-order valence-corrected chi connectivity index (χ2v) is 8.01. The zero-order valence-corrected chi connectivity index (χ0v) is 13.9. The minimum Gasteiger partial charge on any atom is -0.358 e. The van der Waals surface area contributed by atoms with Crippen LogP contribution in [0, 0.1) is 23.7 Å². The molecule has 0 aromatic heterocycles. The standard InChI is InChI=1S/C16H23F3O5/c1-8-4-5-11-9(2)15(20,16(17,18)19)22-12-14(11)10(8)6-7-13(3,21-12)23-24-14/h8-12,20H,4-7H2,1-3H3/t8-,9-,10+,11+,12+,13-,14?,15-/m1/s1.